The van der Waals surface area contributed by atoms with Crippen molar-refractivity contribution >= 4 is 23.8 Å². The fraction of sp³-hybridized carbons (Fsp3) is 0.105. The lowest BCUT2D eigenvalue weighted by atomic mass is 10.5. The first-order valence-electron chi connectivity index (χ1n) is 7.81. The van der Waals surface area contributed by atoms with E-state index in [4.69, 9.17) is 0 Å². The molecule has 3 aromatic rings. The van der Waals surface area contributed by atoms with E-state index in [-0.39, 0.29) is 0 Å². The molecule has 0 spiro atoms. The van der Waals surface area contributed by atoms with Crippen molar-refractivity contribution in [1.29, 1.82) is 0 Å². The number of thiazole rings is 1. The predicted molar refractivity (Wildman–Crippen MR) is 108 cm³/mol. The van der Waals surface area contributed by atoms with Gasteiger partial charge in [0.25, 0.3) is 0 Å². The van der Waals surface area contributed by atoms with E-state index in [1.807, 2.05) is 48.0 Å². The van der Waals surface area contributed by atoms with Gasteiger partial charge in [0.2, 0.25) is 0 Å². The van der Waals surface area contributed by atoms with Crippen LogP contribution in [0.1, 0.15) is 6.42 Å². The maximum atomic E-state index is 4.47. The standard InChI is InChI=1S/C5H5N.2C4H5N.C3H3NO.C3H3NS/c1-2-4-6-5-3-1;2*1-2-4-5-3-1;2*1-2-5-3-4-1/h1-5H;1,3-4H,2H2;1-3H,4H2;2*1-3H. The van der Waals surface area contributed by atoms with Gasteiger partial charge in [-0.2, -0.15) is 0 Å². The molecular formula is C19H21N5OS. The number of oxazole rings is 1. The second kappa shape index (κ2) is 18.2. The molecule has 2 aliphatic heterocycles. The minimum Gasteiger partial charge on any atom is -0.452 e. The van der Waals surface area contributed by atoms with Crippen molar-refractivity contribution in [2.75, 3.05) is 6.54 Å². The van der Waals surface area contributed by atoms with E-state index < -0.39 is 0 Å². The van der Waals surface area contributed by atoms with Crippen molar-refractivity contribution < 1.29 is 4.42 Å². The molecule has 2 aliphatic rings. The molecule has 5 rings (SSSR count). The SMILES string of the molecule is C1=CCN=C1.C1=CN=CC1.c1ccncc1.c1cocn1.c1cscn1. The largest absolute Gasteiger partial charge is 0.452 e. The quantitative estimate of drug-likeness (QED) is 0.586. The molecule has 0 amide bonds. The molecule has 0 aliphatic carbocycles. The summed E-state index contributed by atoms with van der Waals surface area (Å²) in [7, 11) is 0. The Bertz CT molecular complexity index is 578. The van der Waals surface area contributed by atoms with Crippen molar-refractivity contribution in [1.82, 2.24) is 15.0 Å². The molecule has 5 heterocycles. The van der Waals surface area contributed by atoms with Gasteiger partial charge in [-0.1, -0.05) is 18.2 Å². The van der Waals surface area contributed by atoms with Crippen molar-refractivity contribution in [2.24, 2.45) is 9.98 Å². The van der Waals surface area contributed by atoms with E-state index in [9.17, 15) is 0 Å². The highest BCUT2D eigenvalue weighted by molar-refractivity contribution is 7.07. The Morgan fingerprint density at radius 3 is 2.00 bits per heavy atom. The van der Waals surface area contributed by atoms with E-state index in [1.165, 1.54) is 12.7 Å². The summed E-state index contributed by atoms with van der Waals surface area (Å²) in [4.78, 5) is 18.7. The number of allylic oxidation sites excluding steroid dienone is 2. The van der Waals surface area contributed by atoms with Gasteiger partial charge in [0, 0.05) is 49.0 Å². The van der Waals surface area contributed by atoms with Crippen LogP contribution in [0.3, 0.4) is 0 Å². The average molecular weight is 367 g/mol. The molecule has 7 heteroatoms. The molecule has 134 valence electrons. The number of nitrogens with zero attached hydrogens (tertiary/aromatic N) is 5. The Labute approximate surface area is 157 Å². The molecule has 0 unspecified atom stereocenters. The van der Waals surface area contributed by atoms with Crippen LogP contribution in [0.15, 0.2) is 105 Å². The Kier molecular flexibility index (Phi) is 14.6. The molecule has 0 bridgehead atoms. The molecule has 6 nitrogen and oxygen atoms in total. The lowest BCUT2D eigenvalue weighted by Crippen LogP contribution is -1.58. The summed E-state index contributed by atoms with van der Waals surface area (Å²) in [6, 6.07) is 5.72. The van der Waals surface area contributed by atoms with Crippen molar-refractivity contribution in [3.05, 3.63) is 91.0 Å². The van der Waals surface area contributed by atoms with Gasteiger partial charge in [-0.3, -0.25) is 20.0 Å². The summed E-state index contributed by atoms with van der Waals surface area (Å²) in [5, 5.41) is 1.93. The van der Waals surface area contributed by atoms with Crippen LogP contribution in [-0.2, 0) is 0 Å². The number of aromatic nitrogens is 3. The van der Waals surface area contributed by atoms with E-state index in [0.29, 0.717) is 0 Å². The zero-order valence-electron chi connectivity index (χ0n) is 14.3. The Balaban J connectivity index is 0.000000163. The summed E-state index contributed by atoms with van der Waals surface area (Å²) in [5.74, 6) is 0. The normalized spacial score (nSPS) is 11.7. The molecule has 0 saturated heterocycles. The maximum absolute atomic E-state index is 4.47. The molecule has 0 atom stereocenters. The predicted octanol–water partition coefficient (Wildman–Crippen LogP) is 4.50. The second-order valence-corrected chi connectivity index (χ2v) is 5.03. The van der Waals surface area contributed by atoms with Crippen molar-refractivity contribution in [3.8, 4) is 0 Å². The number of aliphatic imine (C=N–C) groups is 2. The third-order valence-corrected chi connectivity index (χ3v) is 2.86. The number of rotatable bonds is 0. The molecule has 0 fully saturated rings. The van der Waals surface area contributed by atoms with E-state index in [1.54, 1.807) is 54.0 Å². The summed E-state index contributed by atoms with van der Waals surface area (Å²) < 4.78 is 4.47. The molecule has 0 aromatic carbocycles. The zero-order chi connectivity index (χ0) is 18.4. The second-order valence-electron chi connectivity index (χ2n) is 4.27. The van der Waals surface area contributed by atoms with Crippen LogP contribution in [0.2, 0.25) is 0 Å². The number of hydrogen-bond donors (Lipinski definition) is 0. The Morgan fingerprint density at radius 1 is 0.885 bits per heavy atom. The zero-order valence-corrected chi connectivity index (χ0v) is 15.1. The van der Waals surface area contributed by atoms with Crippen molar-refractivity contribution in [2.45, 2.75) is 6.42 Å². The average Bonchev–Trinajstić information content (AvgIpc) is 3.56. The van der Waals surface area contributed by atoms with Gasteiger partial charge in [0.15, 0.2) is 6.39 Å². The van der Waals surface area contributed by atoms with Crippen LogP contribution in [0.5, 0.6) is 0 Å². The van der Waals surface area contributed by atoms with Gasteiger partial charge in [0.05, 0.1) is 18.3 Å². The number of hydrogen-bond acceptors (Lipinski definition) is 7. The number of pyridine rings is 1. The third-order valence-electron chi connectivity index (χ3n) is 2.34. The summed E-state index contributed by atoms with van der Waals surface area (Å²) in [6.07, 6.45) is 22.2. The van der Waals surface area contributed by atoms with Gasteiger partial charge < -0.3 is 4.42 Å². The van der Waals surface area contributed by atoms with Gasteiger partial charge in [-0.25, -0.2) is 4.98 Å². The maximum Gasteiger partial charge on any atom is 0.180 e. The van der Waals surface area contributed by atoms with E-state index >= 15 is 0 Å². The monoisotopic (exact) mass is 367 g/mol. The highest BCUT2D eigenvalue weighted by Crippen LogP contribution is 1.86. The fourth-order valence-electron chi connectivity index (χ4n) is 1.27. The summed E-state index contributed by atoms with van der Waals surface area (Å²) in [6.45, 7) is 0.889. The first-order chi connectivity index (χ1) is 13.0. The smallest absolute Gasteiger partial charge is 0.180 e. The lowest BCUT2D eigenvalue weighted by molar-refractivity contribution is 0.558. The molecule has 0 N–H and O–H groups in total. The van der Waals surface area contributed by atoms with Crippen LogP contribution in [-0.4, -0.2) is 33.9 Å². The highest BCUT2D eigenvalue weighted by Gasteiger charge is 1.73. The van der Waals surface area contributed by atoms with Gasteiger partial charge >= 0.3 is 0 Å². The Hall–Kier alpha value is -3.19. The van der Waals surface area contributed by atoms with Gasteiger partial charge in [-0.05, 0) is 18.2 Å². The summed E-state index contributed by atoms with van der Waals surface area (Å²) >= 11 is 1.60. The minimum absolute atomic E-state index is 0.889. The molecule has 0 saturated carbocycles. The molecular weight excluding hydrogens is 346 g/mol. The topological polar surface area (TPSA) is 76.5 Å². The Morgan fingerprint density at radius 2 is 1.81 bits per heavy atom. The van der Waals surface area contributed by atoms with Crippen LogP contribution in [0.4, 0.5) is 0 Å². The van der Waals surface area contributed by atoms with Crippen LogP contribution in [0, 0.1) is 0 Å². The van der Waals surface area contributed by atoms with Crippen LogP contribution >= 0.6 is 11.3 Å². The first kappa shape index (κ1) is 20.9. The van der Waals surface area contributed by atoms with Crippen molar-refractivity contribution in [3.63, 3.8) is 0 Å². The van der Waals surface area contributed by atoms with E-state index in [0.717, 1.165) is 13.0 Å². The lowest BCUT2D eigenvalue weighted by Gasteiger charge is -1.70. The van der Waals surface area contributed by atoms with Gasteiger partial charge in [-0.15, -0.1) is 11.3 Å². The van der Waals surface area contributed by atoms with Crippen LogP contribution < -0.4 is 0 Å². The summed E-state index contributed by atoms with van der Waals surface area (Å²) in [5.41, 5.74) is 1.79. The third kappa shape index (κ3) is 15.7. The highest BCUT2D eigenvalue weighted by atomic mass is 32.1. The van der Waals surface area contributed by atoms with E-state index in [2.05, 4.69) is 29.4 Å². The van der Waals surface area contributed by atoms with Gasteiger partial charge in [0.1, 0.15) is 6.26 Å². The molecule has 0 radical (unpaired) electrons. The first-order valence-corrected chi connectivity index (χ1v) is 8.75. The van der Waals surface area contributed by atoms with Crippen LogP contribution in [0.25, 0.3) is 0 Å². The molecule has 26 heavy (non-hydrogen) atoms. The molecule has 3 aromatic heterocycles. The fourth-order valence-corrected chi connectivity index (χ4v) is 1.62. The minimum atomic E-state index is 0.889.